The predicted molar refractivity (Wildman–Crippen MR) is 86.9 cm³/mol. The van der Waals surface area contributed by atoms with Crippen molar-refractivity contribution < 1.29 is 4.42 Å². The summed E-state index contributed by atoms with van der Waals surface area (Å²) in [5.74, 6) is 0.901. The van der Waals surface area contributed by atoms with Crippen LogP contribution in [0, 0.1) is 0 Å². The van der Waals surface area contributed by atoms with E-state index in [4.69, 9.17) is 4.42 Å². The summed E-state index contributed by atoms with van der Waals surface area (Å²) in [7, 11) is 0. The highest BCUT2D eigenvalue weighted by Gasteiger charge is 2.09. The molecule has 0 saturated carbocycles. The first kappa shape index (κ1) is 11.7. The van der Waals surface area contributed by atoms with Gasteiger partial charge in [0.2, 0.25) is 0 Å². The van der Waals surface area contributed by atoms with Crippen molar-refractivity contribution in [2.45, 2.75) is 0 Å². The Kier molecular flexibility index (Phi) is 2.64. The van der Waals surface area contributed by atoms with Crippen LogP contribution in [0.2, 0.25) is 0 Å². The standard InChI is InChI=1S/C18H11BrO/c19-14-6-3-5-13(10-14)18-11-16-15-7-2-1-4-12(15)8-9-17(16)20-18/h1-11H. The second kappa shape index (κ2) is 4.50. The molecular formula is C18H11BrO. The Hall–Kier alpha value is -2.06. The Morgan fingerprint density at radius 3 is 2.55 bits per heavy atom. The first-order valence-electron chi connectivity index (χ1n) is 6.48. The molecule has 2 heteroatoms. The van der Waals surface area contributed by atoms with Crippen molar-refractivity contribution in [2.75, 3.05) is 0 Å². The molecule has 0 aliphatic carbocycles. The lowest BCUT2D eigenvalue weighted by Gasteiger charge is -1.96. The summed E-state index contributed by atoms with van der Waals surface area (Å²) in [4.78, 5) is 0. The maximum atomic E-state index is 6.00. The largest absolute Gasteiger partial charge is 0.456 e. The highest BCUT2D eigenvalue weighted by molar-refractivity contribution is 9.10. The molecule has 3 aromatic carbocycles. The van der Waals surface area contributed by atoms with Crippen LogP contribution in [-0.4, -0.2) is 0 Å². The van der Waals surface area contributed by atoms with Gasteiger partial charge in [-0.15, -0.1) is 0 Å². The predicted octanol–water partition coefficient (Wildman–Crippen LogP) is 6.02. The number of hydrogen-bond donors (Lipinski definition) is 0. The van der Waals surface area contributed by atoms with Crippen molar-refractivity contribution in [2.24, 2.45) is 0 Å². The summed E-state index contributed by atoms with van der Waals surface area (Å²) in [6.07, 6.45) is 0. The molecule has 1 aromatic heterocycles. The van der Waals surface area contributed by atoms with Crippen LogP contribution >= 0.6 is 15.9 Å². The van der Waals surface area contributed by atoms with E-state index in [-0.39, 0.29) is 0 Å². The van der Waals surface area contributed by atoms with Crippen LogP contribution in [0.1, 0.15) is 0 Å². The molecule has 0 aliphatic heterocycles. The van der Waals surface area contributed by atoms with Crippen LogP contribution in [0.5, 0.6) is 0 Å². The first-order chi connectivity index (χ1) is 9.81. The fourth-order valence-corrected chi connectivity index (χ4v) is 2.98. The Morgan fingerprint density at radius 1 is 0.750 bits per heavy atom. The average Bonchev–Trinajstić information content (AvgIpc) is 2.92. The van der Waals surface area contributed by atoms with Crippen molar-refractivity contribution in [1.82, 2.24) is 0 Å². The SMILES string of the molecule is Brc1cccc(-c2cc3c(ccc4ccccc43)o2)c1. The molecular weight excluding hydrogens is 312 g/mol. The van der Waals surface area contributed by atoms with Crippen LogP contribution in [-0.2, 0) is 0 Å². The Labute approximate surface area is 125 Å². The van der Waals surface area contributed by atoms with Crippen LogP contribution in [0.3, 0.4) is 0 Å². The summed E-state index contributed by atoms with van der Waals surface area (Å²) in [6, 6.07) is 22.8. The molecule has 0 atom stereocenters. The van der Waals surface area contributed by atoms with E-state index in [0.29, 0.717) is 0 Å². The number of halogens is 1. The van der Waals surface area contributed by atoms with E-state index in [1.165, 1.54) is 10.8 Å². The van der Waals surface area contributed by atoms with Gasteiger partial charge in [0.15, 0.2) is 0 Å². The Balaban J connectivity index is 2.01. The van der Waals surface area contributed by atoms with Gasteiger partial charge in [-0.1, -0.05) is 58.4 Å². The van der Waals surface area contributed by atoms with Gasteiger partial charge >= 0.3 is 0 Å². The molecule has 0 unspecified atom stereocenters. The van der Waals surface area contributed by atoms with Crippen molar-refractivity contribution in [1.29, 1.82) is 0 Å². The van der Waals surface area contributed by atoms with E-state index < -0.39 is 0 Å². The molecule has 0 bridgehead atoms. The topological polar surface area (TPSA) is 13.1 Å². The third-order valence-electron chi connectivity index (χ3n) is 3.54. The second-order valence-corrected chi connectivity index (χ2v) is 5.74. The van der Waals surface area contributed by atoms with Crippen LogP contribution in [0.15, 0.2) is 75.6 Å². The van der Waals surface area contributed by atoms with Gasteiger partial charge in [0.1, 0.15) is 11.3 Å². The van der Waals surface area contributed by atoms with E-state index in [2.05, 4.69) is 64.5 Å². The van der Waals surface area contributed by atoms with Crippen molar-refractivity contribution in [3.05, 3.63) is 71.2 Å². The molecule has 0 fully saturated rings. The summed E-state index contributed by atoms with van der Waals surface area (Å²) >= 11 is 3.50. The van der Waals surface area contributed by atoms with Gasteiger partial charge < -0.3 is 4.42 Å². The average molecular weight is 323 g/mol. The molecule has 0 N–H and O–H groups in total. The number of furan rings is 1. The van der Waals surface area contributed by atoms with Gasteiger partial charge in [0.05, 0.1) is 0 Å². The van der Waals surface area contributed by atoms with E-state index in [1.807, 2.05) is 18.2 Å². The van der Waals surface area contributed by atoms with Crippen molar-refractivity contribution in [3.8, 4) is 11.3 Å². The minimum Gasteiger partial charge on any atom is -0.456 e. The molecule has 96 valence electrons. The maximum Gasteiger partial charge on any atom is 0.135 e. The third kappa shape index (κ3) is 1.84. The number of fused-ring (bicyclic) bond motifs is 3. The quantitative estimate of drug-likeness (QED) is 0.418. The van der Waals surface area contributed by atoms with E-state index in [1.54, 1.807) is 0 Å². The molecule has 0 aliphatic rings. The third-order valence-corrected chi connectivity index (χ3v) is 4.03. The van der Waals surface area contributed by atoms with Crippen LogP contribution in [0.4, 0.5) is 0 Å². The summed E-state index contributed by atoms with van der Waals surface area (Å²) < 4.78 is 7.05. The minimum atomic E-state index is 0.901. The van der Waals surface area contributed by atoms with Gasteiger partial charge in [-0.2, -0.15) is 0 Å². The zero-order valence-corrected chi connectivity index (χ0v) is 12.2. The molecule has 4 aromatic rings. The number of benzene rings is 3. The lowest BCUT2D eigenvalue weighted by atomic mass is 10.1. The summed E-state index contributed by atoms with van der Waals surface area (Å²) in [6.45, 7) is 0. The Morgan fingerprint density at radius 2 is 1.65 bits per heavy atom. The lowest BCUT2D eigenvalue weighted by molar-refractivity contribution is 0.632. The fourth-order valence-electron chi connectivity index (χ4n) is 2.58. The Bertz CT molecular complexity index is 921. The molecule has 0 spiro atoms. The van der Waals surface area contributed by atoms with Crippen LogP contribution < -0.4 is 0 Å². The molecule has 1 nitrogen and oxygen atoms in total. The zero-order valence-electron chi connectivity index (χ0n) is 10.6. The molecule has 1 heterocycles. The first-order valence-corrected chi connectivity index (χ1v) is 7.28. The van der Waals surface area contributed by atoms with Crippen molar-refractivity contribution >= 4 is 37.7 Å². The highest BCUT2D eigenvalue weighted by atomic mass is 79.9. The van der Waals surface area contributed by atoms with Gasteiger partial charge in [-0.3, -0.25) is 0 Å². The molecule has 0 amide bonds. The smallest absolute Gasteiger partial charge is 0.135 e. The van der Waals surface area contributed by atoms with E-state index in [0.717, 1.165) is 26.8 Å². The number of hydrogen-bond acceptors (Lipinski definition) is 1. The van der Waals surface area contributed by atoms with Crippen LogP contribution in [0.25, 0.3) is 33.1 Å². The van der Waals surface area contributed by atoms with Gasteiger partial charge in [0, 0.05) is 15.4 Å². The number of rotatable bonds is 1. The van der Waals surface area contributed by atoms with Gasteiger partial charge in [0.25, 0.3) is 0 Å². The summed E-state index contributed by atoms with van der Waals surface area (Å²) in [5, 5.41) is 3.63. The van der Waals surface area contributed by atoms with Gasteiger partial charge in [-0.05, 0) is 35.0 Å². The maximum absolute atomic E-state index is 6.00. The van der Waals surface area contributed by atoms with E-state index >= 15 is 0 Å². The molecule has 4 rings (SSSR count). The van der Waals surface area contributed by atoms with E-state index in [9.17, 15) is 0 Å². The monoisotopic (exact) mass is 322 g/mol. The second-order valence-electron chi connectivity index (χ2n) is 4.82. The molecule has 0 saturated heterocycles. The normalized spacial score (nSPS) is 11.2. The zero-order chi connectivity index (χ0) is 13.5. The highest BCUT2D eigenvalue weighted by Crippen LogP contribution is 2.33. The minimum absolute atomic E-state index is 0.901. The summed E-state index contributed by atoms with van der Waals surface area (Å²) in [5.41, 5.74) is 2.01. The lowest BCUT2D eigenvalue weighted by Crippen LogP contribution is -1.72. The molecule has 0 radical (unpaired) electrons. The fraction of sp³-hybridized carbons (Fsp3) is 0. The van der Waals surface area contributed by atoms with Crippen molar-refractivity contribution in [3.63, 3.8) is 0 Å². The van der Waals surface area contributed by atoms with Gasteiger partial charge in [-0.25, -0.2) is 0 Å². The molecule has 20 heavy (non-hydrogen) atoms.